The summed E-state index contributed by atoms with van der Waals surface area (Å²) in [6, 6.07) is 15.5. The van der Waals surface area contributed by atoms with Gasteiger partial charge in [0.2, 0.25) is 0 Å². The minimum atomic E-state index is -0.294. The number of aryl methyl sites for hydroxylation is 1. The highest BCUT2D eigenvalue weighted by Gasteiger charge is 2.34. The molecular formula is C19H21NO2. The Kier molecular flexibility index (Phi) is 3.65. The van der Waals surface area contributed by atoms with Gasteiger partial charge in [-0.3, -0.25) is 4.79 Å². The van der Waals surface area contributed by atoms with E-state index in [0.717, 1.165) is 28.9 Å². The van der Waals surface area contributed by atoms with Gasteiger partial charge in [-0.15, -0.1) is 0 Å². The topological polar surface area (TPSA) is 38.3 Å². The van der Waals surface area contributed by atoms with Crippen LogP contribution in [0.2, 0.25) is 0 Å². The molecule has 1 N–H and O–H groups in total. The maximum absolute atomic E-state index is 12.6. The molecule has 1 aliphatic heterocycles. The first-order valence-corrected chi connectivity index (χ1v) is 7.61. The maximum atomic E-state index is 12.6. The lowest BCUT2D eigenvalue weighted by Crippen LogP contribution is -2.41. The molecule has 3 heteroatoms. The molecule has 2 aromatic carbocycles. The molecule has 0 aromatic heterocycles. The summed E-state index contributed by atoms with van der Waals surface area (Å²) < 4.78 is 6.01. The Morgan fingerprint density at radius 2 is 1.82 bits per heavy atom. The molecule has 3 nitrogen and oxygen atoms in total. The number of hydrogen-bond acceptors (Lipinski definition) is 2. The zero-order chi connectivity index (χ0) is 15.7. The van der Waals surface area contributed by atoms with Crippen LogP contribution in [-0.2, 0) is 0 Å². The van der Waals surface area contributed by atoms with Gasteiger partial charge in [0.1, 0.15) is 11.4 Å². The van der Waals surface area contributed by atoms with Crippen molar-refractivity contribution in [1.82, 2.24) is 5.32 Å². The molecule has 1 aliphatic rings. The van der Waals surface area contributed by atoms with E-state index in [1.807, 2.05) is 55.5 Å². The summed E-state index contributed by atoms with van der Waals surface area (Å²) in [6.07, 6.45) is 0.752. The standard InChI is InChI=1S/C19H21NO2/c1-13-8-4-5-9-14(13)18(21)20-16-12-19(2,3)22-17-11-7-6-10-15(16)17/h4-11,16H,12H2,1-3H3,(H,20,21)/t16-/m0/s1. The fourth-order valence-electron chi connectivity index (χ4n) is 2.99. The maximum Gasteiger partial charge on any atom is 0.252 e. The Morgan fingerprint density at radius 1 is 1.14 bits per heavy atom. The first-order chi connectivity index (χ1) is 10.5. The predicted octanol–water partition coefficient (Wildman–Crippen LogP) is 4.03. The zero-order valence-electron chi connectivity index (χ0n) is 13.2. The summed E-state index contributed by atoms with van der Waals surface area (Å²) in [5, 5.41) is 3.17. The van der Waals surface area contributed by atoms with Gasteiger partial charge in [-0.25, -0.2) is 0 Å². The zero-order valence-corrected chi connectivity index (χ0v) is 13.2. The molecule has 1 heterocycles. The van der Waals surface area contributed by atoms with Crippen molar-refractivity contribution in [2.45, 2.75) is 38.8 Å². The molecule has 0 bridgehead atoms. The van der Waals surface area contributed by atoms with E-state index in [1.54, 1.807) is 0 Å². The summed E-state index contributed by atoms with van der Waals surface area (Å²) >= 11 is 0. The van der Waals surface area contributed by atoms with Crippen LogP contribution in [0.3, 0.4) is 0 Å². The fourth-order valence-corrected chi connectivity index (χ4v) is 2.99. The second kappa shape index (κ2) is 5.48. The number of hydrogen-bond donors (Lipinski definition) is 1. The molecule has 0 spiro atoms. The molecule has 1 atom stereocenters. The molecule has 0 aliphatic carbocycles. The van der Waals surface area contributed by atoms with E-state index in [9.17, 15) is 4.79 Å². The molecule has 3 rings (SSSR count). The molecule has 22 heavy (non-hydrogen) atoms. The highest BCUT2D eigenvalue weighted by molar-refractivity contribution is 5.95. The number of carbonyl (C=O) groups excluding carboxylic acids is 1. The van der Waals surface area contributed by atoms with Crippen molar-refractivity contribution >= 4 is 5.91 Å². The molecule has 0 unspecified atom stereocenters. The van der Waals surface area contributed by atoms with E-state index in [0.29, 0.717) is 0 Å². The average Bonchev–Trinajstić information content (AvgIpc) is 2.46. The van der Waals surface area contributed by atoms with Crippen LogP contribution in [0.25, 0.3) is 0 Å². The number of fused-ring (bicyclic) bond motifs is 1. The lowest BCUT2D eigenvalue weighted by molar-refractivity contribution is 0.0619. The molecule has 0 fully saturated rings. The number of rotatable bonds is 2. The van der Waals surface area contributed by atoms with Crippen molar-refractivity contribution < 1.29 is 9.53 Å². The first kappa shape index (κ1) is 14.6. The van der Waals surface area contributed by atoms with Gasteiger partial charge < -0.3 is 10.1 Å². The van der Waals surface area contributed by atoms with E-state index in [-0.39, 0.29) is 17.6 Å². The molecule has 1 amide bonds. The summed E-state index contributed by atoms with van der Waals surface area (Å²) in [7, 11) is 0. The minimum absolute atomic E-state index is 0.0318. The van der Waals surface area contributed by atoms with E-state index < -0.39 is 0 Å². The van der Waals surface area contributed by atoms with Gasteiger partial charge in [0.05, 0.1) is 6.04 Å². The summed E-state index contributed by atoms with van der Waals surface area (Å²) in [5.41, 5.74) is 2.46. The van der Waals surface area contributed by atoms with Crippen LogP contribution in [0.4, 0.5) is 0 Å². The van der Waals surface area contributed by atoms with E-state index >= 15 is 0 Å². The molecule has 0 saturated heterocycles. The van der Waals surface area contributed by atoms with Crippen LogP contribution in [-0.4, -0.2) is 11.5 Å². The van der Waals surface area contributed by atoms with Crippen molar-refractivity contribution in [3.05, 3.63) is 65.2 Å². The molecule has 2 aromatic rings. The van der Waals surface area contributed by atoms with E-state index in [1.165, 1.54) is 0 Å². The van der Waals surface area contributed by atoms with Crippen LogP contribution >= 0.6 is 0 Å². The van der Waals surface area contributed by atoms with Gasteiger partial charge >= 0.3 is 0 Å². The van der Waals surface area contributed by atoms with Gasteiger partial charge in [-0.05, 0) is 38.5 Å². The molecule has 0 radical (unpaired) electrons. The smallest absolute Gasteiger partial charge is 0.252 e. The summed E-state index contributed by atoms with van der Waals surface area (Å²) in [5.74, 6) is 0.824. The number of benzene rings is 2. The Bertz CT molecular complexity index is 706. The normalized spacial score (nSPS) is 19.0. The van der Waals surface area contributed by atoms with Crippen LogP contribution in [0.1, 0.15) is 47.8 Å². The second-order valence-electron chi connectivity index (χ2n) is 6.44. The lowest BCUT2D eigenvalue weighted by Gasteiger charge is -2.37. The average molecular weight is 295 g/mol. The largest absolute Gasteiger partial charge is 0.487 e. The van der Waals surface area contributed by atoms with Gasteiger partial charge in [0.25, 0.3) is 5.91 Å². The third kappa shape index (κ3) is 2.84. The van der Waals surface area contributed by atoms with Gasteiger partial charge in [0, 0.05) is 17.5 Å². The van der Waals surface area contributed by atoms with Crippen molar-refractivity contribution in [1.29, 1.82) is 0 Å². The highest BCUT2D eigenvalue weighted by Crippen LogP contribution is 2.39. The predicted molar refractivity (Wildman–Crippen MR) is 87.2 cm³/mol. The minimum Gasteiger partial charge on any atom is -0.487 e. The van der Waals surface area contributed by atoms with E-state index in [4.69, 9.17) is 4.74 Å². The number of nitrogens with one attached hydrogen (secondary N) is 1. The Hall–Kier alpha value is -2.29. The monoisotopic (exact) mass is 295 g/mol. The Balaban J connectivity index is 1.89. The lowest BCUT2D eigenvalue weighted by atomic mass is 9.89. The Labute approximate surface area is 131 Å². The number of amides is 1. The van der Waals surface area contributed by atoms with Crippen molar-refractivity contribution in [3.63, 3.8) is 0 Å². The third-order valence-electron chi connectivity index (χ3n) is 4.07. The van der Waals surface area contributed by atoms with Gasteiger partial charge in [-0.1, -0.05) is 36.4 Å². The van der Waals surface area contributed by atoms with Crippen LogP contribution in [0, 0.1) is 6.92 Å². The van der Waals surface area contributed by atoms with Crippen molar-refractivity contribution in [3.8, 4) is 5.75 Å². The summed E-state index contributed by atoms with van der Waals surface area (Å²) in [4.78, 5) is 12.6. The van der Waals surface area contributed by atoms with E-state index in [2.05, 4.69) is 19.2 Å². The number of para-hydroxylation sites is 1. The Morgan fingerprint density at radius 3 is 2.59 bits per heavy atom. The third-order valence-corrected chi connectivity index (χ3v) is 4.07. The van der Waals surface area contributed by atoms with Crippen LogP contribution < -0.4 is 10.1 Å². The molecular weight excluding hydrogens is 274 g/mol. The first-order valence-electron chi connectivity index (χ1n) is 7.61. The number of ether oxygens (including phenoxy) is 1. The molecule has 0 saturated carbocycles. The highest BCUT2D eigenvalue weighted by atomic mass is 16.5. The molecule has 114 valence electrons. The summed E-state index contributed by atoms with van der Waals surface area (Å²) in [6.45, 7) is 6.06. The van der Waals surface area contributed by atoms with Gasteiger partial charge in [-0.2, -0.15) is 0 Å². The van der Waals surface area contributed by atoms with Crippen molar-refractivity contribution in [2.24, 2.45) is 0 Å². The quantitative estimate of drug-likeness (QED) is 0.908. The number of carbonyl (C=O) groups is 1. The van der Waals surface area contributed by atoms with Crippen LogP contribution in [0.5, 0.6) is 5.75 Å². The van der Waals surface area contributed by atoms with Crippen molar-refractivity contribution in [2.75, 3.05) is 0 Å². The van der Waals surface area contributed by atoms with Crippen LogP contribution in [0.15, 0.2) is 48.5 Å². The SMILES string of the molecule is Cc1ccccc1C(=O)N[C@H]1CC(C)(C)Oc2ccccc21. The second-order valence-corrected chi connectivity index (χ2v) is 6.44. The fraction of sp³-hybridized carbons (Fsp3) is 0.316. The van der Waals surface area contributed by atoms with Gasteiger partial charge in [0.15, 0.2) is 0 Å².